The minimum absolute atomic E-state index is 0.103. The van der Waals surface area contributed by atoms with Crippen LogP contribution in [0.3, 0.4) is 0 Å². The first-order chi connectivity index (χ1) is 8.11. The van der Waals surface area contributed by atoms with E-state index in [1.54, 1.807) is 18.0 Å². The molecule has 1 rings (SSSR count). The van der Waals surface area contributed by atoms with Gasteiger partial charge in [-0.3, -0.25) is 0 Å². The molecule has 1 N–H and O–H groups in total. The molecule has 0 fully saturated rings. The lowest BCUT2D eigenvalue weighted by Gasteiger charge is -2.24. The summed E-state index contributed by atoms with van der Waals surface area (Å²) in [5, 5.41) is 3.28. The Morgan fingerprint density at radius 3 is 2.82 bits per heavy atom. The number of halogens is 1. The van der Waals surface area contributed by atoms with Gasteiger partial charge in [0.25, 0.3) is 0 Å². The summed E-state index contributed by atoms with van der Waals surface area (Å²) in [6, 6.07) is 5.22. The Morgan fingerprint density at radius 2 is 2.24 bits per heavy atom. The Balaban J connectivity index is 3.12. The largest absolute Gasteiger partial charge is 0.361 e. The number of para-hydroxylation sites is 1. The number of nitrogens with zero attached hydrogens (tertiary/aromatic N) is 1. The van der Waals surface area contributed by atoms with E-state index in [-0.39, 0.29) is 11.9 Å². The zero-order chi connectivity index (χ0) is 12.8. The molecule has 0 aliphatic rings. The van der Waals surface area contributed by atoms with Gasteiger partial charge >= 0.3 is 0 Å². The van der Waals surface area contributed by atoms with Crippen LogP contribution in [-0.2, 0) is 0 Å². The minimum Gasteiger partial charge on any atom is -0.361 e. The molecule has 1 unspecified atom stereocenters. The van der Waals surface area contributed by atoms with Crippen LogP contribution in [0.15, 0.2) is 18.2 Å². The van der Waals surface area contributed by atoms with Gasteiger partial charge in [0.05, 0.1) is 12.2 Å². The summed E-state index contributed by atoms with van der Waals surface area (Å²) in [4.78, 5) is 1.76. The van der Waals surface area contributed by atoms with Gasteiger partial charge in [-0.2, -0.15) is 0 Å². The number of benzene rings is 1. The molecule has 3 heteroatoms. The lowest BCUT2D eigenvalue weighted by atomic mass is 10.0. The highest BCUT2D eigenvalue weighted by Crippen LogP contribution is 2.28. The smallest absolute Gasteiger partial charge is 0.146 e. The van der Waals surface area contributed by atoms with Crippen molar-refractivity contribution in [3.8, 4) is 12.3 Å². The molecule has 0 bridgehead atoms. The van der Waals surface area contributed by atoms with Gasteiger partial charge in [-0.15, -0.1) is 6.42 Å². The maximum atomic E-state index is 13.9. The second-order valence-electron chi connectivity index (χ2n) is 4.02. The first-order valence-electron chi connectivity index (χ1n) is 5.78. The van der Waals surface area contributed by atoms with Crippen LogP contribution in [0.5, 0.6) is 0 Å². The maximum Gasteiger partial charge on any atom is 0.146 e. The summed E-state index contributed by atoms with van der Waals surface area (Å²) in [5.74, 6) is 2.30. The Morgan fingerprint density at radius 1 is 1.53 bits per heavy atom. The fourth-order valence-corrected chi connectivity index (χ4v) is 1.92. The van der Waals surface area contributed by atoms with Gasteiger partial charge in [0.2, 0.25) is 0 Å². The first kappa shape index (κ1) is 13.5. The van der Waals surface area contributed by atoms with Crippen molar-refractivity contribution in [3.63, 3.8) is 0 Å². The molecule has 1 aromatic rings. The highest BCUT2D eigenvalue weighted by molar-refractivity contribution is 5.56. The quantitative estimate of drug-likeness (QED) is 0.788. The Labute approximate surface area is 103 Å². The molecule has 0 saturated heterocycles. The van der Waals surface area contributed by atoms with Crippen molar-refractivity contribution in [2.24, 2.45) is 0 Å². The number of rotatable bonds is 5. The molecule has 0 amide bonds. The maximum absolute atomic E-state index is 13.9. The molecule has 0 heterocycles. The normalized spacial score (nSPS) is 11.9. The molecule has 0 saturated carbocycles. The lowest BCUT2D eigenvalue weighted by molar-refractivity contribution is 0.581. The van der Waals surface area contributed by atoms with Crippen molar-refractivity contribution >= 4 is 5.69 Å². The van der Waals surface area contributed by atoms with Crippen molar-refractivity contribution in [1.29, 1.82) is 0 Å². The standard InChI is InChI=1S/C14H19FN2/c1-5-10-17(4)14-12(11(3)16-6-2)8-7-9-13(14)15/h1,7-9,11,16H,6,10H2,2-4H3. The summed E-state index contributed by atoms with van der Waals surface area (Å²) in [7, 11) is 1.81. The van der Waals surface area contributed by atoms with Crippen molar-refractivity contribution < 1.29 is 4.39 Å². The van der Waals surface area contributed by atoms with Crippen molar-refractivity contribution in [2.75, 3.05) is 25.0 Å². The van der Waals surface area contributed by atoms with Crippen LogP contribution in [-0.4, -0.2) is 20.1 Å². The molecule has 1 aromatic carbocycles. The fourth-order valence-electron chi connectivity index (χ4n) is 1.92. The van der Waals surface area contributed by atoms with E-state index in [9.17, 15) is 4.39 Å². The number of hydrogen-bond acceptors (Lipinski definition) is 2. The summed E-state index contributed by atoms with van der Waals surface area (Å²) in [6.07, 6.45) is 5.27. The molecule has 0 aliphatic heterocycles. The molecule has 2 nitrogen and oxygen atoms in total. The van der Waals surface area contributed by atoms with Crippen LogP contribution >= 0.6 is 0 Å². The van der Waals surface area contributed by atoms with Crippen molar-refractivity contribution in [3.05, 3.63) is 29.6 Å². The minimum atomic E-state index is -0.231. The molecule has 0 aliphatic carbocycles. The number of anilines is 1. The average molecular weight is 234 g/mol. The third-order valence-electron chi connectivity index (χ3n) is 2.70. The second-order valence-corrected chi connectivity index (χ2v) is 4.02. The number of terminal acetylenes is 1. The predicted molar refractivity (Wildman–Crippen MR) is 70.6 cm³/mol. The Hall–Kier alpha value is -1.53. The third kappa shape index (κ3) is 3.21. The zero-order valence-corrected chi connectivity index (χ0v) is 10.6. The van der Waals surface area contributed by atoms with Crippen LogP contribution in [0.1, 0.15) is 25.5 Å². The van der Waals surface area contributed by atoms with Crippen LogP contribution in [0.2, 0.25) is 0 Å². The van der Waals surface area contributed by atoms with E-state index in [0.717, 1.165) is 12.1 Å². The summed E-state index contributed by atoms with van der Waals surface area (Å²) in [6.45, 7) is 5.29. The summed E-state index contributed by atoms with van der Waals surface area (Å²) in [5.41, 5.74) is 1.52. The highest BCUT2D eigenvalue weighted by Gasteiger charge is 2.16. The van der Waals surface area contributed by atoms with Gasteiger partial charge < -0.3 is 10.2 Å². The van der Waals surface area contributed by atoms with Gasteiger partial charge in [-0.25, -0.2) is 4.39 Å². The first-order valence-corrected chi connectivity index (χ1v) is 5.78. The van der Waals surface area contributed by atoms with Gasteiger partial charge in [0.1, 0.15) is 5.82 Å². The van der Waals surface area contributed by atoms with Crippen molar-refractivity contribution in [2.45, 2.75) is 19.9 Å². The molecule has 1 atom stereocenters. The molecule has 0 radical (unpaired) electrons. The molecular weight excluding hydrogens is 215 g/mol. The van der Waals surface area contributed by atoms with E-state index in [4.69, 9.17) is 6.42 Å². The van der Waals surface area contributed by atoms with E-state index in [2.05, 4.69) is 11.2 Å². The van der Waals surface area contributed by atoms with E-state index >= 15 is 0 Å². The van der Waals surface area contributed by atoms with Gasteiger partial charge in [-0.1, -0.05) is 25.0 Å². The summed E-state index contributed by atoms with van der Waals surface area (Å²) >= 11 is 0. The second kappa shape index (κ2) is 6.27. The van der Waals surface area contributed by atoms with Crippen LogP contribution < -0.4 is 10.2 Å². The van der Waals surface area contributed by atoms with E-state index in [0.29, 0.717) is 12.2 Å². The molecule has 92 valence electrons. The van der Waals surface area contributed by atoms with Crippen molar-refractivity contribution in [1.82, 2.24) is 5.32 Å². The predicted octanol–water partition coefficient (Wildman–Crippen LogP) is 2.57. The lowest BCUT2D eigenvalue weighted by Crippen LogP contribution is -2.24. The molecule has 0 aromatic heterocycles. The summed E-state index contributed by atoms with van der Waals surface area (Å²) < 4.78 is 13.9. The number of hydrogen-bond donors (Lipinski definition) is 1. The van der Waals surface area contributed by atoms with Gasteiger partial charge in [-0.05, 0) is 25.1 Å². The van der Waals surface area contributed by atoms with E-state index in [1.807, 2.05) is 19.9 Å². The van der Waals surface area contributed by atoms with E-state index < -0.39 is 0 Å². The number of nitrogens with one attached hydrogen (secondary N) is 1. The molecular formula is C14H19FN2. The average Bonchev–Trinajstić information content (AvgIpc) is 2.29. The highest BCUT2D eigenvalue weighted by atomic mass is 19.1. The van der Waals surface area contributed by atoms with Crippen LogP contribution in [0.4, 0.5) is 10.1 Å². The van der Waals surface area contributed by atoms with Gasteiger partial charge in [0, 0.05) is 13.1 Å². The third-order valence-corrected chi connectivity index (χ3v) is 2.70. The molecule has 17 heavy (non-hydrogen) atoms. The van der Waals surface area contributed by atoms with Gasteiger partial charge in [0.15, 0.2) is 0 Å². The topological polar surface area (TPSA) is 15.3 Å². The molecule has 0 spiro atoms. The monoisotopic (exact) mass is 234 g/mol. The fraction of sp³-hybridized carbons (Fsp3) is 0.429. The van der Waals surface area contributed by atoms with Crippen LogP contribution in [0.25, 0.3) is 0 Å². The SMILES string of the molecule is C#CCN(C)c1c(F)cccc1C(C)NCC. The zero-order valence-electron chi connectivity index (χ0n) is 10.6. The Kier molecular flexibility index (Phi) is 4.99. The Bertz CT molecular complexity index is 409. The van der Waals surface area contributed by atoms with E-state index in [1.165, 1.54) is 6.07 Å². The van der Waals surface area contributed by atoms with Crippen LogP contribution in [0, 0.1) is 18.2 Å².